The van der Waals surface area contributed by atoms with Gasteiger partial charge < -0.3 is 5.32 Å². The molecule has 0 saturated heterocycles. The van der Waals surface area contributed by atoms with Crippen molar-refractivity contribution in [2.45, 2.75) is 0 Å². The molecule has 0 radical (unpaired) electrons. The number of nitrogens with one attached hydrogen (secondary N) is 1. The van der Waals surface area contributed by atoms with E-state index in [9.17, 15) is 4.79 Å². The molecule has 11 heavy (non-hydrogen) atoms. The maximum Gasteiger partial charge on any atom is 0.327 e. The van der Waals surface area contributed by atoms with E-state index in [4.69, 9.17) is 5.26 Å². The normalized spacial score (nSPS) is 8.73. The van der Waals surface area contributed by atoms with Crippen molar-refractivity contribution >= 4 is 38.2 Å². The highest BCUT2D eigenvalue weighted by atomic mass is 79.9. The lowest BCUT2D eigenvalue weighted by Crippen LogP contribution is -2.05. The fourth-order valence-corrected chi connectivity index (χ4v) is 1.83. The molecule has 5 heteroatoms. The van der Waals surface area contributed by atoms with Crippen LogP contribution in [0.3, 0.4) is 0 Å². The highest BCUT2D eigenvalue weighted by Crippen LogP contribution is 2.23. The van der Waals surface area contributed by atoms with Crippen molar-refractivity contribution in [2.75, 3.05) is 5.32 Å². The van der Waals surface area contributed by atoms with Crippen molar-refractivity contribution < 1.29 is 4.79 Å². The van der Waals surface area contributed by atoms with Gasteiger partial charge in [0.25, 0.3) is 0 Å². The van der Waals surface area contributed by atoms with Crippen LogP contribution in [-0.2, 0) is 4.79 Å². The monoisotopic (exact) mass is 230 g/mol. The molecule has 0 aliphatic rings. The zero-order chi connectivity index (χ0) is 8.27. The van der Waals surface area contributed by atoms with E-state index in [1.54, 1.807) is 6.07 Å². The summed E-state index contributed by atoms with van der Waals surface area (Å²) in [6.45, 7) is 0. The van der Waals surface area contributed by atoms with E-state index in [0.717, 1.165) is 4.47 Å². The third-order valence-corrected chi connectivity index (χ3v) is 2.51. The number of halogens is 1. The van der Waals surface area contributed by atoms with Gasteiger partial charge in [-0.1, -0.05) is 0 Å². The van der Waals surface area contributed by atoms with Gasteiger partial charge in [-0.2, -0.15) is 5.26 Å². The minimum atomic E-state index is -0.639. The molecule has 1 heterocycles. The molecule has 0 saturated carbocycles. The Morgan fingerprint density at radius 1 is 1.82 bits per heavy atom. The lowest BCUT2D eigenvalue weighted by atomic mass is 10.6. The molecule has 0 aliphatic heterocycles. The molecule has 1 rings (SSSR count). The number of thiophene rings is 1. The zero-order valence-electron chi connectivity index (χ0n) is 5.30. The van der Waals surface area contributed by atoms with Gasteiger partial charge in [-0.25, -0.2) is 0 Å². The van der Waals surface area contributed by atoms with Crippen LogP contribution < -0.4 is 5.32 Å². The van der Waals surface area contributed by atoms with E-state index in [1.807, 2.05) is 5.38 Å². The van der Waals surface area contributed by atoms with Crippen LogP contribution in [0, 0.1) is 11.3 Å². The van der Waals surface area contributed by atoms with Gasteiger partial charge in [0.05, 0.1) is 5.00 Å². The Labute approximate surface area is 75.8 Å². The molecule has 1 aromatic rings. The topological polar surface area (TPSA) is 52.9 Å². The molecular weight excluding hydrogens is 228 g/mol. The number of hydrogen-bond acceptors (Lipinski definition) is 3. The van der Waals surface area contributed by atoms with Crippen LogP contribution in [0.2, 0.25) is 0 Å². The highest BCUT2D eigenvalue weighted by molar-refractivity contribution is 9.10. The maximum atomic E-state index is 10.5. The predicted molar refractivity (Wildman–Crippen MR) is 46.3 cm³/mol. The summed E-state index contributed by atoms with van der Waals surface area (Å²) in [5.74, 6) is -0.639. The first-order chi connectivity index (χ1) is 5.22. The summed E-state index contributed by atoms with van der Waals surface area (Å²) in [7, 11) is 0. The van der Waals surface area contributed by atoms with Gasteiger partial charge in [0.2, 0.25) is 0 Å². The van der Waals surface area contributed by atoms with Gasteiger partial charge in [0.15, 0.2) is 6.07 Å². The molecule has 0 bridgehead atoms. The van der Waals surface area contributed by atoms with Crippen LogP contribution in [0.15, 0.2) is 15.9 Å². The largest absolute Gasteiger partial charge is 0.327 e. The first-order valence-corrected chi connectivity index (χ1v) is 4.35. The van der Waals surface area contributed by atoms with Crippen LogP contribution >= 0.6 is 27.3 Å². The van der Waals surface area contributed by atoms with E-state index in [1.165, 1.54) is 17.4 Å². The van der Waals surface area contributed by atoms with E-state index >= 15 is 0 Å². The lowest BCUT2D eigenvalue weighted by Gasteiger charge is -1.90. The van der Waals surface area contributed by atoms with Crippen LogP contribution in [0.5, 0.6) is 0 Å². The van der Waals surface area contributed by atoms with Gasteiger partial charge in [-0.3, -0.25) is 4.79 Å². The molecule has 1 N–H and O–H groups in total. The molecule has 0 unspecified atom stereocenters. The smallest absolute Gasteiger partial charge is 0.305 e. The number of rotatable bonds is 1. The first kappa shape index (κ1) is 8.24. The second-order valence-corrected chi connectivity index (χ2v) is 3.52. The van der Waals surface area contributed by atoms with Crippen LogP contribution in [-0.4, -0.2) is 5.91 Å². The second kappa shape index (κ2) is 3.51. The van der Waals surface area contributed by atoms with Crippen molar-refractivity contribution in [1.29, 1.82) is 5.26 Å². The van der Waals surface area contributed by atoms with Crippen LogP contribution in [0.4, 0.5) is 5.00 Å². The molecule has 3 nitrogen and oxygen atoms in total. The van der Waals surface area contributed by atoms with Gasteiger partial charge in [0.1, 0.15) is 0 Å². The molecule has 0 spiro atoms. The highest BCUT2D eigenvalue weighted by Gasteiger charge is 2.00. The summed E-state index contributed by atoms with van der Waals surface area (Å²) in [6.07, 6.45) is 0. The summed E-state index contributed by atoms with van der Waals surface area (Å²) in [5, 5.41) is 13.0. The molecule has 0 aliphatic carbocycles. The van der Waals surface area contributed by atoms with Crippen molar-refractivity contribution in [1.82, 2.24) is 0 Å². The average molecular weight is 231 g/mol. The van der Waals surface area contributed by atoms with Gasteiger partial charge in [-0.15, -0.1) is 11.3 Å². The predicted octanol–water partition coefficient (Wildman–Crippen LogP) is 1.97. The SMILES string of the molecule is N#CC(=O)Nc1cc(Br)cs1. The second-order valence-electron chi connectivity index (χ2n) is 1.70. The molecule has 0 atom stereocenters. The minimum absolute atomic E-state index is 0.639. The van der Waals surface area contributed by atoms with Gasteiger partial charge in [0, 0.05) is 9.85 Å². The molecular formula is C6H3BrN2OS. The summed E-state index contributed by atoms with van der Waals surface area (Å²) >= 11 is 4.58. The molecule has 0 aromatic carbocycles. The van der Waals surface area contributed by atoms with Crippen molar-refractivity contribution in [3.63, 3.8) is 0 Å². The third-order valence-electron chi connectivity index (χ3n) is 0.906. The molecule has 1 aromatic heterocycles. The standard InChI is InChI=1S/C6H3BrN2OS/c7-4-1-6(11-3-4)9-5(10)2-8/h1,3H,(H,9,10). The summed E-state index contributed by atoms with van der Waals surface area (Å²) in [6, 6.07) is 3.20. The molecule has 1 amide bonds. The average Bonchev–Trinajstić information content (AvgIpc) is 2.35. The number of amides is 1. The van der Waals surface area contributed by atoms with E-state index in [0.29, 0.717) is 5.00 Å². The fraction of sp³-hybridized carbons (Fsp3) is 0. The Kier molecular flexibility index (Phi) is 2.63. The van der Waals surface area contributed by atoms with Crippen molar-refractivity contribution in [2.24, 2.45) is 0 Å². The minimum Gasteiger partial charge on any atom is -0.305 e. The Morgan fingerprint density at radius 2 is 2.55 bits per heavy atom. The number of nitrogens with zero attached hydrogens (tertiary/aromatic N) is 1. The molecule has 0 fully saturated rings. The maximum absolute atomic E-state index is 10.5. The summed E-state index contributed by atoms with van der Waals surface area (Å²) in [5.41, 5.74) is 0. The molecule has 56 valence electrons. The van der Waals surface area contributed by atoms with Gasteiger partial charge in [-0.05, 0) is 22.0 Å². The quantitative estimate of drug-likeness (QED) is 0.751. The Balaban J connectivity index is 2.66. The number of nitriles is 1. The zero-order valence-corrected chi connectivity index (χ0v) is 7.70. The van der Waals surface area contributed by atoms with Crippen LogP contribution in [0.1, 0.15) is 0 Å². The third kappa shape index (κ3) is 2.33. The van der Waals surface area contributed by atoms with Crippen molar-refractivity contribution in [3.05, 3.63) is 15.9 Å². The first-order valence-electron chi connectivity index (χ1n) is 2.67. The van der Waals surface area contributed by atoms with Crippen LogP contribution in [0.25, 0.3) is 0 Å². The number of carbonyl (C=O) groups excluding carboxylic acids is 1. The lowest BCUT2D eigenvalue weighted by molar-refractivity contribution is -0.111. The van der Waals surface area contributed by atoms with Gasteiger partial charge >= 0.3 is 5.91 Å². The van der Waals surface area contributed by atoms with Crippen molar-refractivity contribution in [3.8, 4) is 6.07 Å². The number of carbonyl (C=O) groups is 1. The van der Waals surface area contributed by atoms with E-state index in [2.05, 4.69) is 21.2 Å². The number of hydrogen-bond donors (Lipinski definition) is 1. The summed E-state index contributed by atoms with van der Waals surface area (Å²) in [4.78, 5) is 10.5. The van der Waals surface area contributed by atoms with E-state index in [-0.39, 0.29) is 0 Å². The fourth-order valence-electron chi connectivity index (χ4n) is 0.518. The summed E-state index contributed by atoms with van der Waals surface area (Å²) < 4.78 is 0.899. The van der Waals surface area contributed by atoms with E-state index < -0.39 is 5.91 Å². The number of anilines is 1. The Hall–Kier alpha value is -0.860. The Bertz CT molecular complexity index is 315. The Morgan fingerprint density at radius 3 is 3.00 bits per heavy atom.